The summed E-state index contributed by atoms with van der Waals surface area (Å²) in [5, 5.41) is 5.59. The first-order valence-corrected chi connectivity index (χ1v) is 23.6. The first-order valence-electron chi connectivity index (χ1n) is 23.6. The summed E-state index contributed by atoms with van der Waals surface area (Å²) in [5.74, 6) is 2.10. The van der Waals surface area contributed by atoms with E-state index in [1.807, 2.05) is 49.9 Å². The third-order valence-electron chi connectivity index (χ3n) is 15.9. The molecule has 4 amide bonds. The summed E-state index contributed by atoms with van der Waals surface area (Å²) in [5.41, 5.74) is 11.4. The lowest BCUT2D eigenvalue weighted by molar-refractivity contribution is -0.141. The summed E-state index contributed by atoms with van der Waals surface area (Å²) in [6.07, 6.45) is 14.4. The van der Waals surface area contributed by atoms with Gasteiger partial charge in [-0.25, -0.2) is 19.6 Å². The Morgan fingerprint density at radius 3 is 1.36 bits per heavy atom. The van der Waals surface area contributed by atoms with Gasteiger partial charge in [-0.05, 0) is 134 Å². The first kappa shape index (κ1) is 42.3. The van der Waals surface area contributed by atoms with Crippen LogP contribution in [0, 0.1) is 23.7 Å². The zero-order valence-corrected chi connectivity index (χ0v) is 38.1. The van der Waals surface area contributed by atoms with Crippen LogP contribution in [0.15, 0.2) is 36.7 Å². The van der Waals surface area contributed by atoms with Crippen molar-refractivity contribution in [3.05, 3.63) is 70.6 Å². The minimum absolute atomic E-state index is 0.0810. The highest BCUT2D eigenvalue weighted by Crippen LogP contribution is 2.54. The third kappa shape index (κ3) is 6.71. The minimum atomic E-state index is -0.682. The van der Waals surface area contributed by atoms with Crippen LogP contribution < -0.4 is 10.6 Å². The summed E-state index contributed by atoms with van der Waals surface area (Å²) in [4.78, 5) is 74.3. The van der Waals surface area contributed by atoms with E-state index in [0.29, 0.717) is 24.9 Å². The molecule has 0 radical (unpaired) electrons. The number of benzene rings is 2. The second-order valence-electron chi connectivity index (χ2n) is 20.1. The molecule has 4 aliphatic carbocycles. The van der Waals surface area contributed by atoms with E-state index in [1.54, 1.807) is 0 Å². The number of carbonyl (C=O) groups excluding carboxylic acids is 4. The Labute approximate surface area is 375 Å². The van der Waals surface area contributed by atoms with Gasteiger partial charge in [0.15, 0.2) is 0 Å². The predicted molar refractivity (Wildman–Crippen MR) is 241 cm³/mol. The lowest BCUT2D eigenvalue weighted by Gasteiger charge is -2.40. The molecule has 4 N–H and O–H groups in total. The molecule has 14 nitrogen and oxygen atoms in total. The average molecular weight is 871 g/mol. The number of rotatable bonds is 11. The number of piperidine rings is 2. The van der Waals surface area contributed by atoms with Gasteiger partial charge in [0.1, 0.15) is 34.8 Å². The zero-order chi connectivity index (χ0) is 44.7. The van der Waals surface area contributed by atoms with Gasteiger partial charge in [0.2, 0.25) is 11.8 Å². The number of methoxy groups -OCH3 is 2. The minimum Gasteiger partial charge on any atom is -0.453 e. The van der Waals surface area contributed by atoms with Crippen LogP contribution in [-0.2, 0) is 55.8 Å². The van der Waals surface area contributed by atoms with E-state index >= 15 is 0 Å². The van der Waals surface area contributed by atoms with Gasteiger partial charge in [-0.1, -0.05) is 52.0 Å². The number of H-pyrrole nitrogens is 2. The normalized spacial score (nSPS) is 24.9. The molecule has 64 heavy (non-hydrogen) atoms. The lowest BCUT2D eigenvalue weighted by atomic mass is 9.87. The van der Waals surface area contributed by atoms with Crippen molar-refractivity contribution in [3.63, 3.8) is 0 Å². The molecule has 4 fully saturated rings. The van der Waals surface area contributed by atoms with E-state index in [9.17, 15) is 19.2 Å². The monoisotopic (exact) mass is 870 g/mol. The Hall–Kier alpha value is -5.66. The second-order valence-corrected chi connectivity index (χ2v) is 20.1. The number of ether oxygens (including phenoxy) is 2. The van der Waals surface area contributed by atoms with Gasteiger partial charge in [-0.3, -0.25) is 9.59 Å². The Kier molecular flexibility index (Phi) is 10.6. The van der Waals surface area contributed by atoms with Crippen LogP contribution in [0.2, 0.25) is 0 Å². The van der Waals surface area contributed by atoms with Crippen molar-refractivity contribution in [1.29, 1.82) is 0 Å². The number of fused-ring (bicyclic) bond motifs is 6. The quantitative estimate of drug-likeness (QED) is 0.120. The van der Waals surface area contributed by atoms with Gasteiger partial charge >= 0.3 is 12.2 Å². The molecule has 2 aromatic heterocycles. The van der Waals surface area contributed by atoms with Crippen LogP contribution in [0.1, 0.15) is 113 Å². The summed E-state index contributed by atoms with van der Waals surface area (Å²) in [6, 6.07) is 7.79. The highest BCUT2D eigenvalue weighted by molar-refractivity contribution is 5.88. The number of hydrogen-bond acceptors (Lipinski definition) is 8. The number of nitrogens with zero attached hydrogens (tertiary/aromatic N) is 4. The van der Waals surface area contributed by atoms with E-state index in [1.165, 1.54) is 58.7 Å². The Morgan fingerprint density at radius 1 is 0.625 bits per heavy atom. The van der Waals surface area contributed by atoms with Crippen LogP contribution in [0.3, 0.4) is 0 Å². The molecule has 4 aromatic rings. The molecule has 6 atom stereocenters. The topological polar surface area (TPSA) is 175 Å². The van der Waals surface area contributed by atoms with Crippen molar-refractivity contribution in [2.75, 3.05) is 27.3 Å². The van der Waals surface area contributed by atoms with Crippen LogP contribution >= 0.6 is 0 Å². The number of alkyl carbamates (subject to hydrolysis) is 2. The van der Waals surface area contributed by atoms with Gasteiger partial charge in [-0.15, -0.1) is 0 Å². The molecular formula is C50H62N8O6. The van der Waals surface area contributed by atoms with Crippen molar-refractivity contribution >= 4 is 24.0 Å². The van der Waals surface area contributed by atoms with Crippen molar-refractivity contribution < 1.29 is 28.7 Å². The second kappa shape index (κ2) is 16.1. The molecule has 10 rings (SSSR count). The van der Waals surface area contributed by atoms with Crippen LogP contribution in [-0.4, -0.2) is 93.1 Å². The van der Waals surface area contributed by atoms with Gasteiger partial charge in [0, 0.05) is 24.2 Å². The summed E-state index contributed by atoms with van der Waals surface area (Å²) >= 11 is 0. The summed E-state index contributed by atoms with van der Waals surface area (Å²) in [7, 11) is 2.64. The molecule has 2 saturated carbocycles. The van der Waals surface area contributed by atoms with Crippen LogP contribution in [0.5, 0.6) is 0 Å². The number of hydrogen-bond donors (Lipinski definition) is 4. The molecule has 6 aliphatic rings. The van der Waals surface area contributed by atoms with E-state index in [2.05, 4.69) is 44.9 Å². The smallest absolute Gasteiger partial charge is 0.407 e. The molecular weight excluding hydrogens is 809 g/mol. The molecule has 2 aromatic carbocycles. The molecule has 1 unspecified atom stereocenters. The molecule has 4 heterocycles. The highest BCUT2D eigenvalue weighted by Gasteiger charge is 2.58. The van der Waals surface area contributed by atoms with E-state index in [0.717, 1.165) is 100 Å². The Morgan fingerprint density at radius 2 is 1.00 bits per heavy atom. The Balaban J connectivity index is 0.932. The highest BCUT2D eigenvalue weighted by atomic mass is 16.5. The number of carbonyl (C=O) groups is 4. The molecule has 0 spiro atoms. The molecule has 14 heteroatoms. The maximum Gasteiger partial charge on any atom is 0.407 e. The standard InChI is InChI=1S/C50H62N8O6/c1-27(2)41(55-47(61)63-5)43(59)57-25-29-17-19-49(57,21-29)45-51-23-39(53-45)37-15-13-35(31-9-7-11-33(31)37)36-14-16-38(34-12-8-10-32(34)36)40-24-52-46(54-40)50-20-18-30(22-50)26-58(50)44(60)42(28(3)4)56-48(62)64-6/h13-16,23-24,27-30,41-42H,7-12,17-22,25-26H2,1-6H3,(H,51,53)(H,52,54)(H,55,61)(H,56,62)/t29-,30-,41-,42+,49+,50?/m0/s1. The van der Waals surface area contributed by atoms with Crippen LogP contribution in [0.4, 0.5) is 9.59 Å². The maximum absolute atomic E-state index is 14.2. The van der Waals surface area contributed by atoms with E-state index < -0.39 is 35.3 Å². The fourth-order valence-electron chi connectivity index (χ4n) is 12.7. The van der Waals surface area contributed by atoms with Crippen LogP contribution in [0.25, 0.3) is 33.6 Å². The van der Waals surface area contributed by atoms with Crippen molar-refractivity contribution in [1.82, 2.24) is 40.4 Å². The molecule has 4 bridgehead atoms. The fraction of sp³-hybridized carbons (Fsp3) is 0.560. The lowest BCUT2D eigenvalue weighted by Crippen LogP contribution is -2.56. The maximum atomic E-state index is 14.2. The summed E-state index contributed by atoms with van der Waals surface area (Å²) in [6.45, 7) is 9.11. The van der Waals surface area contributed by atoms with E-state index in [4.69, 9.17) is 19.4 Å². The van der Waals surface area contributed by atoms with E-state index in [-0.39, 0.29) is 23.7 Å². The van der Waals surface area contributed by atoms with Gasteiger partial charge in [-0.2, -0.15) is 0 Å². The predicted octanol–water partition coefficient (Wildman–Crippen LogP) is 7.55. The fourth-order valence-corrected chi connectivity index (χ4v) is 12.7. The SMILES string of the molecule is COC(=O)N[C@H](C(=O)N1C[C@H]2CC[C@]1(c1ncc(-c3ccc(-c4ccc(-c5cnc(C67CC[C@H](CN6C(=O)[C@H](NC(=O)OC)C(C)C)C7)[nH]5)c5c4CCC5)c4c3CCC4)[nH]1)C2)C(C)C. The van der Waals surface area contributed by atoms with Crippen molar-refractivity contribution in [2.45, 2.75) is 128 Å². The van der Waals surface area contributed by atoms with Gasteiger partial charge in [0.25, 0.3) is 0 Å². The summed E-state index contributed by atoms with van der Waals surface area (Å²) < 4.78 is 9.75. The molecule has 2 aliphatic heterocycles. The number of amides is 4. The molecule has 2 saturated heterocycles. The van der Waals surface area contributed by atoms with Crippen molar-refractivity contribution in [2.24, 2.45) is 23.7 Å². The van der Waals surface area contributed by atoms with Gasteiger partial charge < -0.3 is 39.9 Å². The number of nitrogens with one attached hydrogen (secondary N) is 4. The van der Waals surface area contributed by atoms with Gasteiger partial charge in [0.05, 0.1) is 38.0 Å². The Bertz CT molecular complexity index is 2350. The number of likely N-dealkylation sites (tertiary alicyclic amines) is 2. The number of imidazole rings is 2. The first-order chi connectivity index (χ1) is 30.8. The average Bonchev–Trinajstić information content (AvgIpc) is 4.15. The third-order valence-corrected chi connectivity index (χ3v) is 15.9. The number of aromatic amines is 2. The molecule has 338 valence electrons. The number of aromatic nitrogens is 4. The van der Waals surface area contributed by atoms with Crippen molar-refractivity contribution in [3.8, 4) is 33.6 Å². The largest absolute Gasteiger partial charge is 0.453 e. The zero-order valence-electron chi connectivity index (χ0n) is 38.1.